The molecule has 5 rings (SSSR count). The van der Waals surface area contributed by atoms with Gasteiger partial charge < -0.3 is 18.9 Å². The molecule has 8 nitrogen and oxygen atoms in total. The molecule has 3 aromatic rings. The van der Waals surface area contributed by atoms with E-state index in [1.807, 2.05) is 52.0 Å². The maximum Gasteiger partial charge on any atom is 0.419 e. The lowest BCUT2D eigenvalue weighted by molar-refractivity contribution is -0.190. The van der Waals surface area contributed by atoms with Gasteiger partial charge in [-0.2, -0.15) is 0 Å². The third kappa shape index (κ3) is 6.70. The quantitative estimate of drug-likeness (QED) is 0.270. The van der Waals surface area contributed by atoms with Crippen LogP contribution in [0.15, 0.2) is 42.6 Å². The zero-order valence-corrected chi connectivity index (χ0v) is 25.6. The van der Waals surface area contributed by atoms with Crippen LogP contribution in [0, 0.1) is 6.92 Å². The number of benzene rings is 2. The highest BCUT2D eigenvalue weighted by Gasteiger charge is 2.47. The Balaban J connectivity index is 1.47. The number of hydrogen-bond acceptors (Lipinski definition) is 7. The fraction of sp³-hybridized carbons (Fsp3) is 0.515. The van der Waals surface area contributed by atoms with Crippen LogP contribution < -0.4 is 4.74 Å². The van der Waals surface area contributed by atoms with Crippen LogP contribution in [0.25, 0.3) is 10.9 Å². The van der Waals surface area contributed by atoms with Crippen LogP contribution in [0.4, 0.5) is 13.6 Å². The number of esters is 1. The van der Waals surface area contributed by atoms with E-state index in [1.165, 1.54) is 11.7 Å². The number of methoxy groups -OCH3 is 2. The maximum atomic E-state index is 13.5. The van der Waals surface area contributed by atoms with Gasteiger partial charge in [0, 0.05) is 49.1 Å². The van der Waals surface area contributed by atoms with Crippen molar-refractivity contribution in [1.29, 1.82) is 0 Å². The number of fused-ring (bicyclic) bond motifs is 1. The van der Waals surface area contributed by atoms with E-state index in [1.54, 1.807) is 25.4 Å². The van der Waals surface area contributed by atoms with E-state index in [9.17, 15) is 18.4 Å². The van der Waals surface area contributed by atoms with Gasteiger partial charge in [-0.05, 0) is 75.9 Å². The van der Waals surface area contributed by atoms with Gasteiger partial charge in [0.05, 0.1) is 37.5 Å². The van der Waals surface area contributed by atoms with E-state index in [0.717, 1.165) is 27.6 Å². The van der Waals surface area contributed by atoms with E-state index in [2.05, 4.69) is 4.90 Å². The van der Waals surface area contributed by atoms with Crippen molar-refractivity contribution in [3.05, 3.63) is 64.8 Å². The van der Waals surface area contributed by atoms with E-state index < -0.39 is 29.7 Å². The molecular formula is C33H40F2N2O6. The average molecular weight is 599 g/mol. The summed E-state index contributed by atoms with van der Waals surface area (Å²) in [5, 5.41) is 0.887. The molecule has 1 aliphatic heterocycles. The van der Waals surface area contributed by atoms with Gasteiger partial charge in [0.25, 0.3) is 5.92 Å². The number of aryl methyl sites for hydroxylation is 1. The highest BCUT2D eigenvalue weighted by molar-refractivity contribution is 5.95. The predicted molar refractivity (Wildman–Crippen MR) is 158 cm³/mol. The molecule has 2 aromatic carbocycles. The van der Waals surface area contributed by atoms with E-state index >= 15 is 0 Å². The Hall–Kier alpha value is -3.50. The summed E-state index contributed by atoms with van der Waals surface area (Å²) in [6, 6.07) is 11.0. The monoisotopic (exact) mass is 598 g/mol. The van der Waals surface area contributed by atoms with Crippen LogP contribution in [0.5, 0.6) is 5.75 Å². The topological polar surface area (TPSA) is 79.2 Å². The molecule has 1 aromatic heterocycles. The third-order valence-corrected chi connectivity index (χ3v) is 8.22. The standard InChI is InChI=1S/C33H40F2N2O6/c1-20-15-28(40-5)26(25-12-14-37(29(20)25)31(39)43-32(2,3)4)19-36-13-11-23(42-24-17-33(34,35)18-24)16-27(36)21-7-9-22(10-8-21)30(38)41-6/h7-10,12,14-15,23-24,27H,11,13,16-19H2,1-6H3/t23-,27-/m0/s1. The first-order valence-electron chi connectivity index (χ1n) is 14.6. The summed E-state index contributed by atoms with van der Waals surface area (Å²) < 4.78 is 51.1. The summed E-state index contributed by atoms with van der Waals surface area (Å²) in [6.45, 7) is 8.60. The molecule has 0 bridgehead atoms. The molecule has 0 radical (unpaired) electrons. The van der Waals surface area contributed by atoms with Gasteiger partial charge in [-0.3, -0.25) is 9.47 Å². The Kier molecular flexibility index (Phi) is 8.55. The molecule has 0 unspecified atom stereocenters. The number of hydrogen-bond donors (Lipinski definition) is 0. The Morgan fingerprint density at radius 3 is 2.35 bits per heavy atom. The van der Waals surface area contributed by atoms with Crippen molar-refractivity contribution < 1.29 is 37.3 Å². The van der Waals surface area contributed by atoms with Crippen molar-refractivity contribution in [2.75, 3.05) is 20.8 Å². The lowest BCUT2D eigenvalue weighted by Gasteiger charge is -2.43. The lowest BCUT2D eigenvalue weighted by Crippen LogP contribution is -2.46. The van der Waals surface area contributed by atoms with Gasteiger partial charge in [0.1, 0.15) is 11.4 Å². The minimum atomic E-state index is -2.64. The Morgan fingerprint density at radius 1 is 1.05 bits per heavy atom. The highest BCUT2D eigenvalue weighted by atomic mass is 19.3. The number of carbonyl (C=O) groups excluding carboxylic acids is 2. The van der Waals surface area contributed by atoms with Crippen molar-refractivity contribution in [3.63, 3.8) is 0 Å². The number of ether oxygens (including phenoxy) is 4. The lowest BCUT2D eigenvalue weighted by atomic mass is 9.88. The van der Waals surface area contributed by atoms with Crippen molar-refractivity contribution >= 4 is 23.0 Å². The van der Waals surface area contributed by atoms with Crippen LogP contribution in [0.1, 0.15) is 79.5 Å². The van der Waals surface area contributed by atoms with Crippen LogP contribution in [0.2, 0.25) is 0 Å². The second-order valence-corrected chi connectivity index (χ2v) is 12.6. The molecule has 1 saturated heterocycles. The Morgan fingerprint density at radius 2 is 1.74 bits per heavy atom. The number of alkyl halides is 2. The van der Waals surface area contributed by atoms with Gasteiger partial charge in [0.15, 0.2) is 0 Å². The summed E-state index contributed by atoms with van der Waals surface area (Å²) >= 11 is 0. The molecule has 0 spiro atoms. The zero-order chi connectivity index (χ0) is 31.1. The van der Waals surface area contributed by atoms with Crippen molar-refractivity contribution in [2.45, 2.75) is 89.7 Å². The number of aromatic nitrogens is 1. The van der Waals surface area contributed by atoms with Gasteiger partial charge in [0.2, 0.25) is 0 Å². The molecule has 2 aliphatic rings. The summed E-state index contributed by atoms with van der Waals surface area (Å²) in [4.78, 5) is 27.5. The fourth-order valence-corrected chi connectivity index (χ4v) is 6.15. The molecular weight excluding hydrogens is 558 g/mol. The number of rotatable bonds is 7. The van der Waals surface area contributed by atoms with Gasteiger partial charge in [-0.25, -0.2) is 18.4 Å². The van der Waals surface area contributed by atoms with Crippen LogP contribution in [-0.4, -0.2) is 66.0 Å². The first kappa shape index (κ1) is 30.9. The first-order chi connectivity index (χ1) is 20.3. The smallest absolute Gasteiger partial charge is 0.419 e. The summed E-state index contributed by atoms with van der Waals surface area (Å²) in [5.41, 5.74) is 3.35. The second-order valence-electron chi connectivity index (χ2n) is 12.6. The second kappa shape index (κ2) is 11.9. The van der Waals surface area contributed by atoms with Crippen molar-refractivity contribution in [2.24, 2.45) is 0 Å². The fourth-order valence-electron chi connectivity index (χ4n) is 6.15. The molecule has 1 saturated carbocycles. The molecule has 2 atom stereocenters. The molecule has 43 heavy (non-hydrogen) atoms. The molecule has 2 heterocycles. The number of halogens is 2. The number of nitrogens with zero attached hydrogens (tertiary/aromatic N) is 2. The van der Waals surface area contributed by atoms with Gasteiger partial charge in [-0.15, -0.1) is 0 Å². The molecule has 2 fully saturated rings. The third-order valence-electron chi connectivity index (χ3n) is 8.22. The summed E-state index contributed by atoms with van der Waals surface area (Å²) in [7, 11) is 2.98. The zero-order valence-electron chi connectivity index (χ0n) is 25.6. The minimum absolute atomic E-state index is 0.111. The number of likely N-dealkylation sites (tertiary alicyclic amines) is 1. The first-order valence-corrected chi connectivity index (χ1v) is 14.6. The van der Waals surface area contributed by atoms with Gasteiger partial charge >= 0.3 is 12.1 Å². The van der Waals surface area contributed by atoms with E-state index in [0.29, 0.717) is 37.2 Å². The molecule has 0 amide bonds. The van der Waals surface area contributed by atoms with E-state index in [4.69, 9.17) is 18.9 Å². The average Bonchev–Trinajstić information content (AvgIpc) is 3.39. The largest absolute Gasteiger partial charge is 0.496 e. The SMILES string of the molecule is COC(=O)c1ccc([C@@H]2C[C@@H](OC3CC(F)(F)C3)CCN2Cc2c(OC)cc(C)c3c2ccn3C(=O)OC(C)(C)C)cc1. The molecule has 10 heteroatoms. The molecule has 0 N–H and O–H groups in total. The Bertz CT molecular complexity index is 1490. The number of carbonyl (C=O) groups is 2. The highest BCUT2D eigenvalue weighted by Crippen LogP contribution is 2.43. The minimum Gasteiger partial charge on any atom is -0.496 e. The van der Waals surface area contributed by atoms with Crippen molar-refractivity contribution in [3.8, 4) is 5.75 Å². The summed E-state index contributed by atoms with van der Waals surface area (Å²) in [6.07, 6.45) is 1.49. The van der Waals surface area contributed by atoms with Crippen LogP contribution in [-0.2, 0) is 20.8 Å². The van der Waals surface area contributed by atoms with Crippen LogP contribution >= 0.6 is 0 Å². The summed E-state index contributed by atoms with van der Waals surface area (Å²) in [5.74, 6) is -2.35. The van der Waals surface area contributed by atoms with Crippen molar-refractivity contribution in [1.82, 2.24) is 9.47 Å². The van der Waals surface area contributed by atoms with E-state index in [-0.39, 0.29) is 25.0 Å². The molecule has 232 valence electrons. The maximum absolute atomic E-state index is 13.5. The van der Waals surface area contributed by atoms with Crippen LogP contribution in [0.3, 0.4) is 0 Å². The number of piperidine rings is 1. The predicted octanol–water partition coefficient (Wildman–Crippen LogP) is 7.05. The van der Waals surface area contributed by atoms with Gasteiger partial charge in [-0.1, -0.05) is 12.1 Å². The normalized spacial score (nSPS) is 20.9. The molecule has 1 aliphatic carbocycles. The Labute approximate surface area is 250 Å².